The summed E-state index contributed by atoms with van der Waals surface area (Å²) in [4.78, 5) is 66.9. The Hall–Kier alpha value is -4.52. The van der Waals surface area contributed by atoms with Crippen LogP contribution in [-0.2, 0) is 27.4 Å². The predicted molar refractivity (Wildman–Crippen MR) is 160 cm³/mol. The quantitative estimate of drug-likeness (QED) is 0.393. The average molecular weight is 616 g/mol. The number of hydrogen-bond donors (Lipinski definition) is 2. The number of carbonyl (C=O) groups is 3. The summed E-state index contributed by atoms with van der Waals surface area (Å²) in [5, 5.41) is 5.82. The van der Waals surface area contributed by atoms with Crippen LogP contribution in [0.25, 0.3) is 10.9 Å². The minimum atomic E-state index is -0.824. The number of rotatable bonds is 8. The largest absolute Gasteiger partial charge is 0.495 e. The molecule has 0 spiro atoms. The smallest absolute Gasteiger partial charge is 0.407 e. The number of aromatic nitrogens is 2. The number of methoxy groups -OCH3 is 2. The third-order valence-electron chi connectivity index (χ3n) is 6.74. The molecule has 230 valence electrons. The lowest BCUT2D eigenvalue weighted by molar-refractivity contribution is -0.131. The highest BCUT2D eigenvalue weighted by atomic mass is 35.5. The molecular weight excluding hydrogens is 582 g/mol. The molecule has 0 aliphatic carbocycles. The van der Waals surface area contributed by atoms with Crippen molar-refractivity contribution in [3.05, 3.63) is 62.3 Å². The van der Waals surface area contributed by atoms with Gasteiger partial charge < -0.3 is 29.7 Å². The zero-order chi connectivity index (χ0) is 31.5. The number of ether oxygens (including phenoxy) is 3. The summed E-state index contributed by atoms with van der Waals surface area (Å²) in [7, 11) is 2.86. The zero-order valence-corrected chi connectivity index (χ0v) is 25.3. The Morgan fingerprint density at radius 2 is 1.70 bits per heavy atom. The summed E-state index contributed by atoms with van der Waals surface area (Å²) >= 11 is 6.22. The van der Waals surface area contributed by atoms with Crippen LogP contribution in [0.5, 0.6) is 11.5 Å². The molecule has 13 nitrogen and oxygen atoms in total. The molecule has 3 aromatic rings. The fraction of sp³-hybridized carbons (Fsp3) is 0.414. The topological polar surface area (TPSA) is 150 Å². The first kappa shape index (κ1) is 31.4. The van der Waals surface area contributed by atoms with Gasteiger partial charge >= 0.3 is 11.8 Å². The molecule has 2 N–H and O–H groups in total. The maximum absolute atomic E-state index is 13.6. The van der Waals surface area contributed by atoms with Crippen LogP contribution in [0.3, 0.4) is 0 Å². The van der Waals surface area contributed by atoms with E-state index in [9.17, 15) is 24.0 Å². The molecule has 43 heavy (non-hydrogen) atoms. The van der Waals surface area contributed by atoms with E-state index in [1.54, 1.807) is 39.0 Å². The van der Waals surface area contributed by atoms with Gasteiger partial charge in [0, 0.05) is 19.2 Å². The standard InChI is InChI=1S/C29H34ClN5O8/c1-29(2,3)43-27(39)31-17-10-11-33(14-17)25(37)16-35-26(38)18-8-6-7-9-21(18)34(28(35)40)15-24(36)32-20-12-19(30)22(41-4)13-23(20)42-5/h6-9,12-13,17H,10-11,14-16H2,1-5H3,(H,31,39)(H,32,36)/t17-/m1/s1. The van der Waals surface area contributed by atoms with Crippen LogP contribution in [0.15, 0.2) is 46.0 Å². The number of hydrogen-bond acceptors (Lipinski definition) is 8. The van der Waals surface area contributed by atoms with E-state index in [4.69, 9.17) is 25.8 Å². The second-order valence-electron chi connectivity index (χ2n) is 11.0. The highest BCUT2D eigenvalue weighted by Crippen LogP contribution is 2.35. The summed E-state index contributed by atoms with van der Waals surface area (Å²) < 4.78 is 17.7. The van der Waals surface area contributed by atoms with E-state index < -0.39 is 47.8 Å². The van der Waals surface area contributed by atoms with Crippen molar-refractivity contribution in [3.8, 4) is 11.5 Å². The fourth-order valence-corrected chi connectivity index (χ4v) is 5.01. The molecule has 2 heterocycles. The molecule has 1 atom stereocenters. The van der Waals surface area contributed by atoms with Crippen molar-refractivity contribution < 1.29 is 28.6 Å². The number of anilines is 1. The molecule has 1 fully saturated rings. The molecule has 0 unspecified atom stereocenters. The number of alkyl carbamates (subject to hydrolysis) is 1. The van der Waals surface area contributed by atoms with Gasteiger partial charge in [0.25, 0.3) is 5.56 Å². The molecule has 14 heteroatoms. The maximum atomic E-state index is 13.6. The van der Waals surface area contributed by atoms with Gasteiger partial charge in [-0.05, 0) is 45.4 Å². The number of halogens is 1. The predicted octanol–water partition coefficient (Wildman–Crippen LogP) is 2.60. The lowest BCUT2D eigenvalue weighted by Crippen LogP contribution is -2.46. The number of nitrogens with zero attached hydrogens (tertiary/aromatic N) is 3. The third-order valence-corrected chi connectivity index (χ3v) is 7.03. The van der Waals surface area contributed by atoms with E-state index in [2.05, 4.69) is 10.6 Å². The second kappa shape index (κ2) is 12.8. The summed E-state index contributed by atoms with van der Waals surface area (Å²) in [6, 6.07) is 8.97. The van der Waals surface area contributed by atoms with Crippen molar-refractivity contribution in [1.29, 1.82) is 0 Å². The Morgan fingerprint density at radius 1 is 1.00 bits per heavy atom. The van der Waals surface area contributed by atoms with Gasteiger partial charge in [0.05, 0.1) is 41.9 Å². The average Bonchev–Trinajstić information content (AvgIpc) is 3.40. The summed E-state index contributed by atoms with van der Waals surface area (Å²) in [6.45, 7) is 4.77. The number of carbonyl (C=O) groups excluding carboxylic acids is 3. The molecule has 0 radical (unpaired) electrons. The van der Waals surface area contributed by atoms with Crippen LogP contribution in [0.1, 0.15) is 27.2 Å². The Bertz CT molecular complexity index is 1680. The molecule has 3 amide bonds. The molecule has 1 aliphatic rings. The van der Waals surface area contributed by atoms with E-state index in [1.807, 2.05) is 0 Å². The fourth-order valence-electron chi connectivity index (χ4n) is 4.77. The number of para-hydroxylation sites is 1. The first-order valence-corrected chi connectivity index (χ1v) is 13.9. The normalized spacial score (nSPS) is 14.8. The van der Waals surface area contributed by atoms with Gasteiger partial charge in [-0.15, -0.1) is 0 Å². The Morgan fingerprint density at radius 3 is 2.37 bits per heavy atom. The number of likely N-dealkylation sites (tertiary alicyclic amines) is 1. The van der Waals surface area contributed by atoms with Crippen molar-refractivity contribution in [2.75, 3.05) is 32.6 Å². The molecule has 2 aromatic carbocycles. The number of fused-ring (bicyclic) bond motifs is 1. The van der Waals surface area contributed by atoms with Crippen LogP contribution in [0, 0.1) is 0 Å². The zero-order valence-electron chi connectivity index (χ0n) is 24.6. The summed E-state index contributed by atoms with van der Waals surface area (Å²) in [5.74, 6) is -0.441. The van der Waals surface area contributed by atoms with Crippen LogP contribution in [0.4, 0.5) is 10.5 Å². The molecule has 0 saturated carbocycles. The number of nitrogens with one attached hydrogen (secondary N) is 2. The van der Waals surface area contributed by atoms with Crippen LogP contribution < -0.4 is 31.4 Å². The van der Waals surface area contributed by atoms with Gasteiger partial charge in [-0.3, -0.25) is 23.5 Å². The Kier molecular flexibility index (Phi) is 9.34. The molecular formula is C29H34ClN5O8. The van der Waals surface area contributed by atoms with Crippen molar-refractivity contribution in [2.45, 2.75) is 51.9 Å². The molecule has 0 bridgehead atoms. The van der Waals surface area contributed by atoms with Gasteiger partial charge in [-0.25, -0.2) is 9.59 Å². The first-order chi connectivity index (χ1) is 20.3. The van der Waals surface area contributed by atoms with Gasteiger partial charge in [0.15, 0.2) is 0 Å². The van der Waals surface area contributed by atoms with E-state index in [0.717, 1.165) is 9.13 Å². The Labute approximate surface area is 252 Å². The molecule has 4 rings (SSSR count). The third kappa shape index (κ3) is 7.28. The number of amides is 3. The van der Waals surface area contributed by atoms with Crippen LogP contribution >= 0.6 is 11.6 Å². The summed E-state index contributed by atoms with van der Waals surface area (Å²) in [6.07, 6.45) is -0.103. The van der Waals surface area contributed by atoms with Crippen LogP contribution in [0.2, 0.25) is 5.02 Å². The van der Waals surface area contributed by atoms with E-state index in [1.165, 1.54) is 37.3 Å². The second-order valence-corrected chi connectivity index (χ2v) is 11.4. The van der Waals surface area contributed by atoms with Gasteiger partial charge in [-0.2, -0.15) is 0 Å². The lowest BCUT2D eigenvalue weighted by Gasteiger charge is -2.22. The first-order valence-electron chi connectivity index (χ1n) is 13.5. The molecule has 1 aliphatic heterocycles. The minimum absolute atomic E-state index is 0.165. The van der Waals surface area contributed by atoms with Crippen molar-refractivity contribution in [1.82, 2.24) is 19.4 Å². The van der Waals surface area contributed by atoms with E-state index in [0.29, 0.717) is 18.7 Å². The number of benzene rings is 2. The molecule has 1 aromatic heterocycles. The Balaban J connectivity index is 1.56. The van der Waals surface area contributed by atoms with Gasteiger partial charge in [-0.1, -0.05) is 23.7 Å². The highest BCUT2D eigenvalue weighted by molar-refractivity contribution is 6.32. The van der Waals surface area contributed by atoms with Crippen molar-refractivity contribution in [3.63, 3.8) is 0 Å². The lowest BCUT2D eigenvalue weighted by atomic mass is 10.2. The van der Waals surface area contributed by atoms with Gasteiger partial charge in [0.2, 0.25) is 11.8 Å². The SMILES string of the molecule is COc1cc(OC)c(NC(=O)Cn2c(=O)n(CC(=O)N3CC[C@@H](NC(=O)OC(C)(C)C)C3)c(=O)c3ccccc32)cc1Cl. The van der Waals surface area contributed by atoms with Crippen LogP contribution in [-0.4, -0.2) is 70.9 Å². The maximum Gasteiger partial charge on any atom is 0.407 e. The summed E-state index contributed by atoms with van der Waals surface area (Å²) in [5.41, 5.74) is -1.66. The molecule has 1 saturated heterocycles. The monoisotopic (exact) mass is 615 g/mol. The van der Waals surface area contributed by atoms with E-state index in [-0.39, 0.29) is 39.9 Å². The highest BCUT2D eigenvalue weighted by Gasteiger charge is 2.30. The van der Waals surface area contributed by atoms with Crippen molar-refractivity contribution in [2.24, 2.45) is 0 Å². The van der Waals surface area contributed by atoms with Crippen molar-refractivity contribution >= 4 is 46.1 Å². The van der Waals surface area contributed by atoms with Gasteiger partial charge in [0.1, 0.15) is 30.2 Å². The van der Waals surface area contributed by atoms with E-state index >= 15 is 0 Å². The minimum Gasteiger partial charge on any atom is -0.495 e.